The van der Waals surface area contributed by atoms with E-state index in [4.69, 9.17) is 4.74 Å². The summed E-state index contributed by atoms with van der Waals surface area (Å²) in [6.07, 6.45) is 0.685. The lowest BCUT2D eigenvalue weighted by Crippen LogP contribution is -1.88. The minimum atomic E-state index is 0.306. The zero-order chi connectivity index (χ0) is 12.4. The van der Waals surface area contributed by atoms with E-state index < -0.39 is 0 Å². The number of H-pyrrole nitrogens is 1. The van der Waals surface area contributed by atoms with Crippen molar-refractivity contribution in [2.75, 3.05) is 7.11 Å². The van der Waals surface area contributed by atoms with Gasteiger partial charge in [-0.3, -0.25) is 4.79 Å². The molecule has 0 bridgehead atoms. The fraction of sp³-hybridized carbons (Fsp3) is 0.167. The highest BCUT2D eigenvalue weighted by atomic mass is 79.9. The smallest absolute Gasteiger partial charge is 0.185 e. The number of carbonyl (C=O) groups excluding carboxylic acids is 1. The Bertz CT molecular complexity index is 564. The molecule has 0 amide bonds. The molecule has 0 fully saturated rings. The van der Waals surface area contributed by atoms with Crippen LogP contribution in [0.2, 0.25) is 0 Å². The van der Waals surface area contributed by atoms with Gasteiger partial charge in [-0.2, -0.15) is 0 Å². The molecule has 1 heterocycles. The average molecular weight is 295 g/mol. The van der Waals surface area contributed by atoms with Crippen LogP contribution in [-0.4, -0.2) is 23.4 Å². The summed E-state index contributed by atoms with van der Waals surface area (Å²) in [7, 11) is 1.64. The molecule has 0 saturated carbocycles. The van der Waals surface area contributed by atoms with Crippen molar-refractivity contribution in [3.05, 3.63) is 34.2 Å². The second-order valence-electron chi connectivity index (χ2n) is 3.59. The van der Waals surface area contributed by atoms with Gasteiger partial charge in [0.2, 0.25) is 0 Å². The van der Waals surface area contributed by atoms with Crippen LogP contribution in [0.4, 0.5) is 0 Å². The van der Waals surface area contributed by atoms with Gasteiger partial charge in [0.05, 0.1) is 7.11 Å². The maximum Gasteiger partial charge on any atom is 0.185 e. The Kier molecular flexibility index (Phi) is 3.28. The van der Waals surface area contributed by atoms with E-state index in [2.05, 4.69) is 25.9 Å². The van der Waals surface area contributed by atoms with Crippen LogP contribution in [0.3, 0.4) is 0 Å². The van der Waals surface area contributed by atoms with Crippen molar-refractivity contribution in [1.29, 1.82) is 0 Å². The molecule has 5 heteroatoms. The van der Waals surface area contributed by atoms with Gasteiger partial charge in [-0.05, 0) is 46.6 Å². The van der Waals surface area contributed by atoms with Crippen molar-refractivity contribution in [3.8, 4) is 17.0 Å². The zero-order valence-corrected chi connectivity index (χ0v) is 11.0. The first-order valence-electron chi connectivity index (χ1n) is 5.01. The van der Waals surface area contributed by atoms with Gasteiger partial charge in [-0.15, -0.1) is 0 Å². The van der Waals surface area contributed by atoms with E-state index in [1.54, 1.807) is 7.11 Å². The fourth-order valence-electron chi connectivity index (χ4n) is 1.64. The Morgan fingerprint density at radius 1 is 1.47 bits per heavy atom. The number of hydrogen-bond donors (Lipinski definition) is 1. The monoisotopic (exact) mass is 294 g/mol. The number of nitrogens with one attached hydrogen (secondary N) is 1. The SMILES string of the molecule is COc1ccc(-c2nc(C=O)[nH]c2Br)cc1C. The van der Waals surface area contributed by atoms with Crippen LogP contribution < -0.4 is 4.74 Å². The largest absolute Gasteiger partial charge is 0.496 e. The quantitative estimate of drug-likeness (QED) is 0.886. The van der Waals surface area contributed by atoms with Crippen molar-refractivity contribution < 1.29 is 9.53 Å². The number of aldehydes is 1. The van der Waals surface area contributed by atoms with E-state index in [1.165, 1.54) is 0 Å². The van der Waals surface area contributed by atoms with E-state index in [9.17, 15) is 4.79 Å². The molecule has 2 aromatic rings. The molecule has 1 aromatic heterocycles. The second kappa shape index (κ2) is 4.71. The lowest BCUT2D eigenvalue weighted by Gasteiger charge is -2.05. The van der Waals surface area contributed by atoms with Crippen LogP contribution in [0.5, 0.6) is 5.75 Å². The Labute approximate surface area is 107 Å². The molecule has 88 valence electrons. The van der Waals surface area contributed by atoms with Crippen molar-refractivity contribution in [2.24, 2.45) is 0 Å². The third kappa shape index (κ3) is 2.24. The second-order valence-corrected chi connectivity index (χ2v) is 4.38. The highest BCUT2D eigenvalue weighted by Gasteiger charge is 2.11. The van der Waals surface area contributed by atoms with Gasteiger partial charge in [-0.25, -0.2) is 4.98 Å². The topological polar surface area (TPSA) is 55.0 Å². The average Bonchev–Trinajstić information content (AvgIpc) is 2.70. The third-order valence-corrected chi connectivity index (χ3v) is 3.03. The number of rotatable bonds is 3. The van der Waals surface area contributed by atoms with E-state index in [-0.39, 0.29) is 0 Å². The molecule has 0 unspecified atom stereocenters. The van der Waals surface area contributed by atoms with Gasteiger partial charge >= 0.3 is 0 Å². The maximum absolute atomic E-state index is 10.6. The lowest BCUT2D eigenvalue weighted by molar-refractivity contribution is 0.111. The van der Waals surface area contributed by atoms with Crippen molar-refractivity contribution >= 4 is 22.2 Å². The van der Waals surface area contributed by atoms with Gasteiger partial charge in [0, 0.05) is 5.56 Å². The van der Waals surface area contributed by atoms with Gasteiger partial charge in [0.1, 0.15) is 16.0 Å². The standard InChI is InChI=1S/C12H11BrN2O2/c1-7-5-8(3-4-9(7)17-2)11-12(13)15-10(6-16)14-11/h3-6H,1-2H3,(H,14,15). The molecule has 0 spiro atoms. The van der Waals surface area contributed by atoms with Gasteiger partial charge in [0.15, 0.2) is 12.1 Å². The molecule has 2 rings (SSSR count). The molecule has 0 aliphatic heterocycles. The zero-order valence-electron chi connectivity index (χ0n) is 9.45. The molecule has 0 aliphatic rings. The molecule has 0 radical (unpaired) electrons. The summed E-state index contributed by atoms with van der Waals surface area (Å²) in [6.45, 7) is 1.96. The lowest BCUT2D eigenvalue weighted by atomic mass is 10.1. The molecule has 1 N–H and O–H groups in total. The maximum atomic E-state index is 10.6. The Morgan fingerprint density at radius 3 is 2.76 bits per heavy atom. The summed E-state index contributed by atoms with van der Waals surface area (Å²) in [5, 5.41) is 0. The summed E-state index contributed by atoms with van der Waals surface area (Å²) in [5.74, 6) is 1.14. The van der Waals surface area contributed by atoms with Gasteiger partial charge < -0.3 is 9.72 Å². The minimum absolute atomic E-state index is 0.306. The van der Waals surface area contributed by atoms with Gasteiger partial charge in [-0.1, -0.05) is 0 Å². The number of halogens is 1. The van der Waals surface area contributed by atoms with E-state index in [0.717, 1.165) is 22.6 Å². The van der Waals surface area contributed by atoms with Crippen LogP contribution in [-0.2, 0) is 0 Å². The number of methoxy groups -OCH3 is 1. The normalized spacial score (nSPS) is 10.3. The van der Waals surface area contributed by atoms with E-state index in [0.29, 0.717) is 16.7 Å². The fourth-order valence-corrected chi connectivity index (χ4v) is 2.16. The van der Waals surface area contributed by atoms with Crippen LogP contribution in [0, 0.1) is 6.92 Å². The summed E-state index contributed by atoms with van der Waals surface area (Å²) < 4.78 is 5.89. The first-order valence-corrected chi connectivity index (χ1v) is 5.80. The van der Waals surface area contributed by atoms with E-state index >= 15 is 0 Å². The Hall–Kier alpha value is -1.62. The number of ether oxygens (including phenoxy) is 1. The summed E-state index contributed by atoms with van der Waals surface area (Å²) in [6, 6.07) is 5.75. The molecule has 17 heavy (non-hydrogen) atoms. The predicted octanol–water partition coefficient (Wildman–Crippen LogP) is 2.97. The first kappa shape index (κ1) is 11.9. The molecule has 4 nitrogen and oxygen atoms in total. The van der Waals surface area contributed by atoms with Gasteiger partial charge in [0.25, 0.3) is 0 Å². The highest BCUT2D eigenvalue weighted by Crippen LogP contribution is 2.29. The number of aryl methyl sites for hydroxylation is 1. The van der Waals surface area contributed by atoms with Crippen molar-refractivity contribution in [2.45, 2.75) is 6.92 Å². The molecule has 0 aliphatic carbocycles. The third-order valence-electron chi connectivity index (χ3n) is 2.46. The summed E-state index contributed by atoms with van der Waals surface area (Å²) in [5.41, 5.74) is 2.67. The molecule has 0 atom stereocenters. The number of aromatic nitrogens is 2. The van der Waals surface area contributed by atoms with Crippen LogP contribution in [0.25, 0.3) is 11.3 Å². The molecule has 1 aromatic carbocycles. The van der Waals surface area contributed by atoms with Crippen LogP contribution >= 0.6 is 15.9 Å². The number of carbonyl (C=O) groups is 1. The highest BCUT2D eigenvalue weighted by molar-refractivity contribution is 9.10. The number of imidazole rings is 1. The summed E-state index contributed by atoms with van der Waals surface area (Å²) >= 11 is 3.35. The Morgan fingerprint density at radius 2 is 2.24 bits per heavy atom. The number of nitrogens with zero attached hydrogens (tertiary/aromatic N) is 1. The van der Waals surface area contributed by atoms with Crippen molar-refractivity contribution in [1.82, 2.24) is 9.97 Å². The predicted molar refractivity (Wildman–Crippen MR) is 68.4 cm³/mol. The molecular formula is C12H11BrN2O2. The summed E-state index contributed by atoms with van der Waals surface area (Å²) in [4.78, 5) is 17.7. The van der Waals surface area contributed by atoms with Crippen molar-refractivity contribution in [3.63, 3.8) is 0 Å². The van der Waals surface area contributed by atoms with Crippen LogP contribution in [0.15, 0.2) is 22.8 Å². The number of hydrogen-bond acceptors (Lipinski definition) is 3. The number of benzene rings is 1. The Balaban J connectivity index is 2.49. The first-order chi connectivity index (χ1) is 8.15. The molecule has 0 saturated heterocycles. The molecular weight excluding hydrogens is 284 g/mol. The minimum Gasteiger partial charge on any atom is -0.496 e. The van der Waals surface area contributed by atoms with Crippen LogP contribution in [0.1, 0.15) is 16.2 Å². The van der Waals surface area contributed by atoms with E-state index in [1.807, 2.05) is 25.1 Å². The number of aromatic amines is 1.